The SMILES string of the molecule is CCOC(=O)C1CCCN(Cc2cc(F)cc(Br)c2)C1. The minimum absolute atomic E-state index is 0.0549. The van der Waals surface area contributed by atoms with Gasteiger partial charge in [-0.3, -0.25) is 9.69 Å². The number of piperidine rings is 1. The number of rotatable bonds is 4. The monoisotopic (exact) mass is 343 g/mol. The lowest BCUT2D eigenvalue weighted by Crippen LogP contribution is -2.38. The minimum atomic E-state index is -0.242. The number of esters is 1. The second-order valence-electron chi connectivity index (χ2n) is 5.10. The van der Waals surface area contributed by atoms with Gasteiger partial charge in [-0.1, -0.05) is 15.9 Å². The van der Waals surface area contributed by atoms with Crippen molar-refractivity contribution in [3.63, 3.8) is 0 Å². The zero-order valence-electron chi connectivity index (χ0n) is 11.6. The van der Waals surface area contributed by atoms with Gasteiger partial charge in [-0.2, -0.15) is 0 Å². The van der Waals surface area contributed by atoms with Crippen molar-refractivity contribution in [3.8, 4) is 0 Å². The summed E-state index contributed by atoms with van der Waals surface area (Å²) in [5.41, 5.74) is 0.918. The predicted octanol–water partition coefficient (Wildman–Crippen LogP) is 3.36. The van der Waals surface area contributed by atoms with Crippen LogP contribution in [0.1, 0.15) is 25.3 Å². The number of halogens is 2. The Hall–Kier alpha value is -0.940. The topological polar surface area (TPSA) is 29.5 Å². The van der Waals surface area contributed by atoms with E-state index in [-0.39, 0.29) is 17.7 Å². The molecule has 0 amide bonds. The number of carbonyl (C=O) groups excluding carboxylic acids is 1. The number of nitrogens with zero attached hydrogens (tertiary/aromatic N) is 1. The van der Waals surface area contributed by atoms with Crippen LogP contribution in [0.15, 0.2) is 22.7 Å². The molecule has 1 aliphatic rings. The zero-order valence-corrected chi connectivity index (χ0v) is 13.2. The summed E-state index contributed by atoms with van der Waals surface area (Å²) < 4.78 is 19.2. The molecule has 2 rings (SSSR count). The van der Waals surface area contributed by atoms with E-state index in [1.54, 1.807) is 6.07 Å². The Morgan fingerprint density at radius 1 is 1.50 bits per heavy atom. The van der Waals surface area contributed by atoms with E-state index in [0.29, 0.717) is 19.7 Å². The normalized spacial score (nSPS) is 19.9. The molecule has 1 aromatic rings. The molecule has 0 aliphatic carbocycles. The Morgan fingerprint density at radius 2 is 2.30 bits per heavy atom. The van der Waals surface area contributed by atoms with Gasteiger partial charge in [0.25, 0.3) is 0 Å². The van der Waals surface area contributed by atoms with Gasteiger partial charge in [0, 0.05) is 17.6 Å². The molecule has 3 nitrogen and oxygen atoms in total. The maximum atomic E-state index is 13.4. The number of likely N-dealkylation sites (tertiary alicyclic amines) is 1. The second kappa shape index (κ2) is 7.18. The highest BCUT2D eigenvalue weighted by molar-refractivity contribution is 9.10. The van der Waals surface area contributed by atoms with Crippen LogP contribution in [0.25, 0.3) is 0 Å². The lowest BCUT2D eigenvalue weighted by atomic mass is 9.98. The highest BCUT2D eigenvalue weighted by Gasteiger charge is 2.26. The molecule has 1 atom stereocenters. The summed E-state index contributed by atoms with van der Waals surface area (Å²) in [4.78, 5) is 14.0. The van der Waals surface area contributed by atoms with E-state index in [4.69, 9.17) is 4.74 Å². The summed E-state index contributed by atoms with van der Waals surface area (Å²) in [5, 5.41) is 0. The Balaban J connectivity index is 1.97. The lowest BCUT2D eigenvalue weighted by Gasteiger charge is -2.31. The summed E-state index contributed by atoms with van der Waals surface area (Å²) in [6.45, 7) is 4.53. The fourth-order valence-corrected chi connectivity index (χ4v) is 3.12. The van der Waals surface area contributed by atoms with Crippen molar-refractivity contribution in [2.45, 2.75) is 26.3 Å². The van der Waals surface area contributed by atoms with Gasteiger partial charge >= 0.3 is 5.97 Å². The molecule has 1 heterocycles. The molecule has 1 unspecified atom stereocenters. The van der Waals surface area contributed by atoms with Crippen LogP contribution < -0.4 is 0 Å². The Labute approximate surface area is 127 Å². The maximum absolute atomic E-state index is 13.4. The molecule has 1 fully saturated rings. The molecule has 0 spiro atoms. The fourth-order valence-electron chi connectivity index (χ4n) is 2.61. The Bertz CT molecular complexity index is 461. The van der Waals surface area contributed by atoms with Gasteiger partial charge in [0.15, 0.2) is 0 Å². The van der Waals surface area contributed by atoms with Crippen molar-refractivity contribution in [1.82, 2.24) is 4.90 Å². The third-order valence-electron chi connectivity index (χ3n) is 3.45. The molecular formula is C15H19BrFNO2. The molecule has 20 heavy (non-hydrogen) atoms. The average Bonchev–Trinajstić information content (AvgIpc) is 2.38. The first-order valence-electron chi connectivity index (χ1n) is 6.92. The summed E-state index contributed by atoms with van der Waals surface area (Å²) in [7, 11) is 0. The number of hydrogen-bond acceptors (Lipinski definition) is 3. The van der Waals surface area contributed by atoms with Crippen LogP contribution in [0.5, 0.6) is 0 Å². The first-order chi connectivity index (χ1) is 9.58. The van der Waals surface area contributed by atoms with E-state index in [1.807, 2.05) is 13.0 Å². The van der Waals surface area contributed by atoms with Gasteiger partial charge in [0.2, 0.25) is 0 Å². The molecule has 0 bridgehead atoms. The molecular weight excluding hydrogens is 325 g/mol. The molecule has 0 aromatic heterocycles. The quantitative estimate of drug-likeness (QED) is 0.785. The minimum Gasteiger partial charge on any atom is -0.466 e. The lowest BCUT2D eigenvalue weighted by molar-refractivity contribution is -0.150. The largest absolute Gasteiger partial charge is 0.466 e. The van der Waals surface area contributed by atoms with E-state index >= 15 is 0 Å². The molecule has 110 valence electrons. The Morgan fingerprint density at radius 3 is 3.00 bits per heavy atom. The molecule has 0 radical (unpaired) electrons. The van der Waals surface area contributed by atoms with Crippen LogP contribution in [0.3, 0.4) is 0 Å². The molecule has 1 aromatic carbocycles. The van der Waals surface area contributed by atoms with Crippen LogP contribution in [0, 0.1) is 11.7 Å². The van der Waals surface area contributed by atoms with E-state index in [2.05, 4.69) is 20.8 Å². The Kier molecular flexibility index (Phi) is 5.54. The van der Waals surface area contributed by atoms with E-state index in [0.717, 1.165) is 29.4 Å². The van der Waals surface area contributed by atoms with Crippen molar-refractivity contribution < 1.29 is 13.9 Å². The standard InChI is InChI=1S/C15H19BrFNO2/c1-2-20-15(19)12-4-3-5-18(10-12)9-11-6-13(16)8-14(17)7-11/h6-8,12H,2-5,9-10H2,1H3. The first-order valence-corrected chi connectivity index (χ1v) is 7.71. The highest BCUT2D eigenvalue weighted by atomic mass is 79.9. The van der Waals surface area contributed by atoms with Gasteiger partial charge < -0.3 is 4.74 Å². The highest BCUT2D eigenvalue weighted by Crippen LogP contribution is 2.21. The summed E-state index contributed by atoms with van der Waals surface area (Å²) in [6.07, 6.45) is 1.85. The number of ether oxygens (including phenoxy) is 1. The fraction of sp³-hybridized carbons (Fsp3) is 0.533. The van der Waals surface area contributed by atoms with Crippen molar-refractivity contribution in [1.29, 1.82) is 0 Å². The maximum Gasteiger partial charge on any atom is 0.310 e. The smallest absolute Gasteiger partial charge is 0.310 e. The third-order valence-corrected chi connectivity index (χ3v) is 3.91. The van der Waals surface area contributed by atoms with Gasteiger partial charge in [0.05, 0.1) is 12.5 Å². The summed E-state index contributed by atoms with van der Waals surface area (Å²) >= 11 is 3.30. The molecule has 5 heteroatoms. The van der Waals surface area contributed by atoms with Crippen LogP contribution >= 0.6 is 15.9 Å². The van der Waals surface area contributed by atoms with E-state index in [9.17, 15) is 9.18 Å². The molecule has 0 saturated carbocycles. The molecule has 0 N–H and O–H groups in total. The van der Waals surface area contributed by atoms with Crippen molar-refractivity contribution in [2.75, 3.05) is 19.7 Å². The van der Waals surface area contributed by atoms with Crippen LogP contribution in [0.2, 0.25) is 0 Å². The number of hydrogen-bond donors (Lipinski definition) is 0. The summed E-state index contributed by atoms with van der Waals surface area (Å²) in [6, 6.07) is 4.90. The van der Waals surface area contributed by atoms with Gasteiger partial charge in [0.1, 0.15) is 5.82 Å². The van der Waals surface area contributed by atoms with Crippen LogP contribution in [-0.2, 0) is 16.1 Å². The van der Waals surface area contributed by atoms with Crippen molar-refractivity contribution in [2.24, 2.45) is 5.92 Å². The number of benzene rings is 1. The number of carbonyl (C=O) groups is 1. The van der Waals surface area contributed by atoms with Crippen LogP contribution in [-0.4, -0.2) is 30.6 Å². The van der Waals surface area contributed by atoms with Gasteiger partial charge in [-0.05, 0) is 50.1 Å². The predicted molar refractivity (Wildman–Crippen MR) is 78.7 cm³/mol. The molecule has 1 aliphatic heterocycles. The second-order valence-corrected chi connectivity index (χ2v) is 6.02. The van der Waals surface area contributed by atoms with E-state index < -0.39 is 0 Å². The van der Waals surface area contributed by atoms with Crippen molar-refractivity contribution >= 4 is 21.9 Å². The first kappa shape index (κ1) is 15.4. The zero-order chi connectivity index (χ0) is 14.5. The van der Waals surface area contributed by atoms with E-state index in [1.165, 1.54) is 6.07 Å². The summed E-state index contributed by atoms with van der Waals surface area (Å²) in [5.74, 6) is -0.411. The molecule has 1 saturated heterocycles. The van der Waals surface area contributed by atoms with Crippen LogP contribution in [0.4, 0.5) is 4.39 Å². The average molecular weight is 344 g/mol. The third kappa shape index (κ3) is 4.28. The van der Waals surface area contributed by atoms with Gasteiger partial charge in [-0.15, -0.1) is 0 Å². The van der Waals surface area contributed by atoms with Crippen molar-refractivity contribution in [3.05, 3.63) is 34.1 Å². The van der Waals surface area contributed by atoms with Gasteiger partial charge in [-0.25, -0.2) is 4.39 Å².